The van der Waals surface area contributed by atoms with Crippen LogP contribution in [-0.2, 0) is 11.2 Å². The number of aromatic nitrogens is 1. The highest BCUT2D eigenvalue weighted by Crippen LogP contribution is 2.40. The van der Waals surface area contributed by atoms with Crippen LogP contribution in [0.15, 0.2) is 12.1 Å². The smallest absolute Gasteiger partial charge is 0.130 e. The molecule has 0 bridgehead atoms. The molecule has 5 nitrogen and oxygen atoms in total. The predicted molar refractivity (Wildman–Crippen MR) is 119 cm³/mol. The summed E-state index contributed by atoms with van der Waals surface area (Å²) in [6.07, 6.45) is 4.95. The number of hydrogen-bond acceptors (Lipinski definition) is 5. The highest BCUT2D eigenvalue weighted by Gasteiger charge is 2.28. The summed E-state index contributed by atoms with van der Waals surface area (Å²) in [5.74, 6) is 1.95. The van der Waals surface area contributed by atoms with Crippen molar-refractivity contribution < 1.29 is 9.47 Å². The van der Waals surface area contributed by atoms with Crippen LogP contribution in [0.2, 0.25) is 0 Å². The van der Waals surface area contributed by atoms with Crippen LogP contribution < -0.4 is 10.1 Å². The lowest BCUT2D eigenvalue weighted by molar-refractivity contribution is -0.00363. The predicted octanol–water partition coefficient (Wildman–Crippen LogP) is 4.86. The molecule has 2 aliphatic heterocycles. The Bertz CT molecular complexity index is 861. The van der Waals surface area contributed by atoms with E-state index in [0.717, 1.165) is 49.6 Å². The zero-order valence-corrected chi connectivity index (χ0v) is 18.4. The van der Waals surface area contributed by atoms with Crippen molar-refractivity contribution >= 4 is 16.7 Å². The van der Waals surface area contributed by atoms with Crippen LogP contribution in [-0.4, -0.2) is 48.8 Å². The number of ether oxygens (including phenoxy) is 2. The Labute approximate surface area is 174 Å². The van der Waals surface area contributed by atoms with E-state index in [1.54, 1.807) is 0 Å². The number of rotatable bonds is 7. The second kappa shape index (κ2) is 8.88. The molecule has 158 valence electrons. The number of likely N-dealkylation sites (tertiary alicyclic amines) is 1. The van der Waals surface area contributed by atoms with Gasteiger partial charge < -0.3 is 19.7 Å². The SMILES string of the molecule is CCNc1nc2cc(OCCCN3CCCC3)c(C)cc2c2c1CC(C)OC2C. The summed E-state index contributed by atoms with van der Waals surface area (Å²) in [5, 5.41) is 4.67. The molecule has 1 N–H and O–H groups in total. The Morgan fingerprint density at radius 1 is 1.24 bits per heavy atom. The molecule has 2 atom stereocenters. The molecule has 0 amide bonds. The second-order valence-electron chi connectivity index (χ2n) is 8.56. The Morgan fingerprint density at radius 2 is 2.03 bits per heavy atom. The van der Waals surface area contributed by atoms with Crippen LogP contribution in [0.5, 0.6) is 5.75 Å². The molecule has 5 heteroatoms. The summed E-state index contributed by atoms with van der Waals surface area (Å²) in [6.45, 7) is 13.8. The van der Waals surface area contributed by atoms with Crippen LogP contribution in [0.1, 0.15) is 62.8 Å². The highest BCUT2D eigenvalue weighted by molar-refractivity contribution is 5.88. The zero-order valence-electron chi connectivity index (χ0n) is 18.4. The summed E-state index contributed by atoms with van der Waals surface area (Å²) in [6, 6.07) is 4.36. The first-order chi connectivity index (χ1) is 14.1. The standard InChI is InChI=1S/C24H35N3O2/c1-5-25-24-20-14-17(3)29-18(4)23(20)19-13-16(2)22(15-21(19)26-24)28-12-8-11-27-9-6-7-10-27/h13,15,17-18H,5-12,14H2,1-4H3,(H,25,26). The number of aryl methyl sites for hydroxylation is 1. The average Bonchev–Trinajstić information content (AvgIpc) is 3.19. The Hall–Kier alpha value is -1.85. The summed E-state index contributed by atoms with van der Waals surface area (Å²) in [4.78, 5) is 7.52. The van der Waals surface area contributed by atoms with Gasteiger partial charge in [-0.15, -0.1) is 0 Å². The molecule has 2 unspecified atom stereocenters. The lowest BCUT2D eigenvalue weighted by Gasteiger charge is -2.31. The first kappa shape index (κ1) is 20.4. The Kier molecular flexibility index (Phi) is 6.26. The van der Waals surface area contributed by atoms with E-state index in [1.165, 1.54) is 48.0 Å². The van der Waals surface area contributed by atoms with Gasteiger partial charge in [0.2, 0.25) is 0 Å². The highest BCUT2D eigenvalue weighted by atomic mass is 16.5. The van der Waals surface area contributed by atoms with Crippen LogP contribution >= 0.6 is 0 Å². The lowest BCUT2D eigenvalue weighted by Crippen LogP contribution is -2.24. The van der Waals surface area contributed by atoms with E-state index in [9.17, 15) is 0 Å². The quantitative estimate of drug-likeness (QED) is 0.676. The average molecular weight is 398 g/mol. The maximum atomic E-state index is 6.17. The molecule has 0 saturated carbocycles. The molecule has 2 aliphatic rings. The van der Waals surface area contributed by atoms with Crippen molar-refractivity contribution in [1.29, 1.82) is 0 Å². The second-order valence-corrected chi connectivity index (χ2v) is 8.56. The first-order valence-electron chi connectivity index (χ1n) is 11.3. The van der Waals surface area contributed by atoms with E-state index in [1.807, 2.05) is 0 Å². The summed E-state index contributed by atoms with van der Waals surface area (Å²) >= 11 is 0. The number of hydrogen-bond donors (Lipinski definition) is 1. The third-order valence-electron chi connectivity index (χ3n) is 6.18. The molecule has 29 heavy (non-hydrogen) atoms. The van der Waals surface area contributed by atoms with Crippen LogP contribution in [0.25, 0.3) is 10.9 Å². The molecule has 2 aromatic rings. The van der Waals surface area contributed by atoms with Crippen molar-refractivity contribution in [3.63, 3.8) is 0 Å². The van der Waals surface area contributed by atoms with Crippen LogP contribution in [0, 0.1) is 6.92 Å². The van der Waals surface area contributed by atoms with Gasteiger partial charge in [-0.3, -0.25) is 0 Å². The van der Waals surface area contributed by atoms with Crippen molar-refractivity contribution in [2.24, 2.45) is 0 Å². The Morgan fingerprint density at radius 3 is 2.79 bits per heavy atom. The largest absolute Gasteiger partial charge is 0.493 e. The van der Waals surface area contributed by atoms with Gasteiger partial charge >= 0.3 is 0 Å². The van der Waals surface area contributed by atoms with Crippen molar-refractivity contribution in [1.82, 2.24) is 9.88 Å². The monoisotopic (exact) mass is 397 g/mol. The van der Waals surface area contributed by atoms with Gasteiger partial charge in [0.15, 0.2) is 0 Å². The van der Waals surface area contributed by atoms with E-state index < -0.39 is 0 Å². The van der Waals surface area contributed by atoms with Gasteiger partial charge in [0, 0.05) is 36.5 Å². The van der Waals surface area contributed by atoms with Crippen molar-refractivity contribution in [3.8, 4) is 5.75 Å². The maximum absolute atomic E-state index is 6.17. The first-order valence-corrected chi connectivity index (χ1v) is 11.3. The molecule has 0 radical (unpaired) electrons. The van der Waals surface area contributed by atoms with Gasteiger partial charge in [0.25, 0.3) is 0 Å². The van der Waals surface area contributed by atoms with Gasteiger partial charge in [-0.1, -0.05) is 0 Å². The molecule has 0 aliphatic carbocycles. The zero-order chi connectivity index (χ0) is 20.4. The summed E-state index contributed by atoms with van der Waals surface area (Å²) < 4.78 is 12.3. The number of fused-ring (bicyclic) bond motifs is 3. The fourth-order valence-corrected chi connectivity index (χ4v) is 4.83. The van der Waals surface area contributed by atoms with Gasteiger partial charge in [0.1, 0.15) is 11.6 Å². The molecular weight excluding hydrogens is 362 g/mol. The molecule has 1 aromatic heterocycles. The van der Waals surface area contributed by atoms with E-state index in [2.05, 4.69) is 50.0 Å². The van der Waals surface area contributed by atoms with Crippen molar-refractivity contribution in [2.45, 2.75) is 65.6 Å². The topological polar surface area (TPSA) is 46.6 Å². The minimum Gasteiger partial charge on any atom is -0.493 e. The van der Waals surface area contributed by atoms with Crippen LogP contribution in [0.4, 0.5) is 5.82 Å². The maximum Gasteiger partial charge on any atom is 0.130 e. The number of nitrogens with one attached hydrogen (secondary N) is 1. The molecule has 4 rings (SSSR count). The van der Waals surface area contributed by atoms with Crippen LogP contribution in [0.3, 0.4) is 0 Å². The van der Waals surface area contributed by atoms with E-state index >= 15 is 0 Å². The number of nitrogens with zero attached hydrogens (tertiary/aromatic N) is 2. The normalized spacial score (nSPS) is 22.1. The van der Waals surface area contributed by atoms with E-state index in [-0.39, 0.29) is 12.2 Å². The van der Waals surface area contributed by atoms with Gasteiger partial charge in [-0.05, 0) is 77.2 Å². The third-order valence-corrected chi connectivity index (χ3v) is 6.18. The fourth-order valence-electron chi connectivity index (χ4n) is 4.83. The van der Waals surface area contributed by atoms with Gasteiger partial charge in [-0.25, -0.2) is 4.98 Å². The molecule has 0 spiro atoms. The summed E-state index contributed by atoms with van der Waals surface area (Å²) in [7, 11) is 0. The molecule has 1 fully saturated rings. The molecule has 3 heterocycles. The minimum absolute atomic E-state index is 0.0725. The molecule has 1 saturated heterocycles. The minimum atomic E-state index is 0.0725. The van der Waals surface area contributed by atoms with E-state index in [4.69, 9.17) is 14.5 Å². The molecular formula is C24H35N3O2. The van der Waals surface area contributed by atoms with Crippen molar-refractivity contribution in [2.75, 3.05) is 38.1 Å². The third kappa shape index (κ3) is 4.36. The molecule has 1 aromatic carbocycles. The summed E-state index contributed by atoms with van der Waals surface area (Å²) in [5.41, 5.74) is 4.76. The van der Waals surface area contributed by atoms with E-state index in [0.29, 0.717) is 0 Å². The van der Waals surface area contributed by atoms with Gasteiger partial charge in [0.05, 0.1) is 24.3 Å². The Balaban J connectivity index is 1.59. The van der Waals surface area contributed by atoms with Crippen molar-refractivity contribution in [3.05, 3.63) is 28.8 Å². The van der Waals surface area contributed by atoms with Gasteiger partial charge in [-0.2, -0.15) is 0 Å². The number of anilines is 1. The fraction of sp³-hybridized carbons (Fsp3) is 0.625. The number of pyridine rings is 1. The number of benzene rings is 1. The lowest BCUT2D eigenvalue weighted by atomic mass is 9.91.